The molecule has 0 saturated carbocycles. The van der Waals surface area contributed by atoms with Crippen LogP contribution in [0.1, 0.15) is 110 Å². The summed E-state index contributed by atoms with van der Waals surface area (Å²) < 4.78 is 79.2. The van der Waals surface area contributed by atoms with E-state index in [4.69, 9.17) is 61.6 Å². The Hall–Kier alpha value is -12.4. The lowest BCUT2D eigenvalue weighted by atomic mass is 9.97. The predicted molar refractivity (Wildman–Crippen MR) is 385 cm³/mol. The Labute approximate surface area is 626 Å². The molecule has 3 amide bonds. The largest absolute Gasteiger partial charge is 0.459 e. The lowest BCUT2D eigenvalue weighted by Gasteiger charge is -2.44. The third kappa shape index (κ3) is 23.3. The van der Waals surface area contributed by atoms with Crippen LogP contribution in [0.25, 0.3) is 0 Å². The number of nitrogens with one attached hydrogen (secondary N) is 2. The van der Waals surface area contributed by atoms with E-state index in [0.717, 1.165) is 4.90 Å². The molecule has 0 spiro atoms. The van der Waals surface area contributed by atoms with Crippen LogP contribution in [0.4, 0.5) is 4.79 Å². The number of hydrogen-bond acceptors (Lipinski definition) is 24. The van der Waals surface area contributed by atoms with Gasteiger partial charge >= 0.3 is 53.8 Å². The van der Waals surface area contributed by atoms with Gasteiger partial charge in [-0.1, -0.05) is 146 Å². The molecule has 0 aromatic heterocycles. The molecule has 0 radical (unpaired) electrons. The topological polar surface area (TPSA) is 335 Å². The zero-order chi connectivity index (χ0) is 77.1. The van der Waals surface area contributed by atoms with Crippen molar-refractivity contribution < 1.29 is 114 Å². The van der Waals surface area contributed by atoms with Crippen LogP contribution < -0.4 is 10.6 Å². The van der Waals surface area contributed by atoms with Gasteiger partial charge < -0.3 is 72.2 Å². The first-order valence-electron chi connectivity index (χ1n) is 34.8. The first-order valence-corrected chi connectivity index (χ1v) is 34.8. The molecule has 0 unspecified atom stereocenters. The first-order chi connectivity index (χ1) is 52.7. The van der Waals surface area contributed by atoms with Crippen LogP contribution in [0.15, 0.2) is 243 Å². The van der Waals surface area contributed by atoms with Crippen molar-refractivity contribution >= 4 is 65.7 Å². The maximum Gasteiger partial charge on any atom is 0.410 e. The molecule has 2 N–H and O–H groups in total. The average Bonchev–Trinajstić information content (AvgIpc) is 0.781. The molecule has 0 bridgehead atoms. The highest BCUT2D eigenvalue weighted by atomic mass is 16.7. The summed E-state index contributed by atoms with van der Waals surface area (Å²) in [6.07, 6.45) is -18.1. The van der Waals surface area contributed by atoms with Crippen LogP contribution in [-0.2, 0) is 71.2 Å². The van der Waals surface area contributed by atoms with Crippen LogP contribution in [-0.4, -0.2) is 190 Å². The third-order valence-corrected chi connectivity index (χ3v) is 16.5. The molecule has 109 heavy (non-hydrogen) atoms. The minimum absolute atomic E-state index is 0.0546. The van der Waals surface area contributed by atoms with Crippen molar-refractivity contribution in [2.45, 2.75) is 94.2 Å². The van der Waals surface area contributed by atoms with Crippen LogP contribution in [0.5, 0.6) is 0 Å². The molecular formula is C82H79N3O24. The summed E-state index contributed by atoms with van der Waals surface area (Å²) in [7, 11) is 0. The molecule has 0 aliphatic carbocycles. The van der Waals surface area contributed by atoms with E-state index in [1.807, 2.05) is 0 Å². The van der Waals surface area contributed by atoms with Crippen LogP contribution in [0.3, 0.4) is 0 Å². The number of esters is 8. The predicted octanol–water partition coefficient (Wildman–Crippen LogP) is 9.40. The van der Waals surface area contributed by atoms with Crippen LogP contribution in [0, 0.1) is 0 Å². The lowest BCUT2D eigenvalue weighted by molar-refractivity contribution is -0.297. The first kappa shape index (κ1) is 79.1. The Balaban J connectivity index is 0.835. The van der Waals surface area contributed by atoms with Crippen molar-refractivity contribution in [3.05, 3.63) is 287 Å². The molecular weight excluding hydrogens is 1410 g/mol. The van der Waals surface area contributed by atoms with E-state index in [1.54, 1.807) is 166 Å². The van der Waals surface area contributed by atoms with Gasteiger partial charge in [-0.25, -0.2) is 43.2 Å². The minimum Gasteiger partial charge on any atom is -0.459 e. The fourth-order valence-corrected chi connectivity index (χ4v) is 11.2. The maximum atomic E-state index is 14.2. The molecule has 8 aromatic carbocycles. The van der Waals surface area contributed by atoms with E-state index in [9.17, 15) is 52.7 Å². The van der Waals surface area contributed by atoms with Gasteiger partial charge in [0.1, 0.15) is 37.6 Å². The molecule has 10 atom stereocenters. The quantitative estimate of drug-likeness (QED) is 0.0232. The van der Waals surface area contributed by atoms with Crippen LogP contribution >= 0.6 is 0 Å². The van der Waals surface area contributed by atoms with Gasteiger partial charge in [-0.15, -0.1) is 0 Å². The van der Waals surface area contributed by atoms with Crippen molar-refractivity contribution in [1.82, 2.24) is 15.5 Å². The molecule has 2 heterocycles. The highest BCUT2D eigenvalue weighted by Gasteiger charge is 2.55. The lowest BCUT2D eigenvalue weighted by Crippen LogP contribution is -2.63. The second-order valence-corrected chi connectivity index (χ2v) is 25.5. The zero-order valence-electron chi connectivity index (χ0n) is 59.5. The molecule has 2 saturated heterocycles. The van der Waals surface area contributed by atoms with Gasteiger partial charge in [0.15, 0.2) is 49.2 Å². The Bertz CT molecular complexity index is 4350. The van der Waals surface area contributed by atoms with E-state index >= 15 is 0 Å². The van der Waals surface area contributed by atoms with Gasteiger partial charge in [-0.05, 0) is 118 Å². The molecule has 8 aromatic rings. The van der Waals surface area contributed by atoms with Gasteiger partial charge in [0, 0.05) is 26.1 Å². The molecule has 2 aliphatic heterocycles. The average molecular weight is 1490 g/mol. The Morgan fingerprint density at radius 3 is 0.881 bits per heavy atom. The van der Waals surface area contributed by atoms with E-state index in [0.29, 0.717) is 0 Å². The molecule has 27 nitrogen and oxygen atoms in total. The number of ether oxygens (including phenoxy) is 13. The number of amides is 3. The summed E-state index contributed by atoms with van der Waals surface area (Å²) >= 11 is 0. The van der Waals surface area contributed by atoms with Gasteiger partial charge in [0.25, 0.3) is 0 Å². The second kappa shape index (κ2) is 39.2. The van der Waals surface area contributed by atoms with Gasteiger partial charge in [0.05, 0.1) is 57.7 Å². The zero-order valence-corrected chi connectivity index (χ0v) is 59.5. The van der Waals surface area contributed by atoms with Crippen molar-refractivity contribution in [3.8, 4) is 0 Å². The Kier molecular flexibility index (Phi) is 28.5. The molecule has 566 valence electrons. The van der Waals surface area contributed by atoms with Gasteiger partial charge in [-0.2, -0.15) is 0 Å². The number of nitrogens with zero attached hydrogens (tertiary/aromatic N) is 1. The molecule has 10 rings (SSSR count). The van der Waals surface area contributed by atoms with Crippen molar-refractivity contribution in [2.75, 3.05) is 52.6 Å². The molecule has 2 aliphatic rings. The Morgan fingerprint density at radius 1 is 0.339 bits per heavy atom. The van der Waals surface area contributed by atoms with Crippen molar-refractivity contribution in [3.63, 3.8) is 0 Å². The summed E-state index contributed by atoms with van der Waals surface area (Å²) in [6, 6.07) is 62.6. The SMILES string of the molecule is CC(C)(C)OC(=O)N(CCC(=O)NCCO[C@@H]1O[C@H](COC(=O)c2ccccc2)[C@H](OC(=O)c2ccccc2)[C@H](OC(=O)c2ccccc2)[C@H]1OC(=O)c1ccccc1)CC(=O)NCCO[C@@H]1O[C@H](COC(=O)c2ccccc2)[C@H](OC(=O)c2ccccc2)[C@H](OC(=O)c2ccccc2)[C@H]1OC(=O)c1ccccc1. The fraction of sp³-hybridized carbons (Fsp3) is 0.280. The fourth-order valence-electron chi connectivity index (χ4n) is 11.2. The van der Waals surface area contributed by atoms with E-state index in [1.165, 1.54) is 97.1 Å². The van der Waals surface area contributed by atoms with Crippen molar-refractivity contribution in [2.24, 2.45) is 0 Å². The van der Waals surface area contributed by atoms with E-state index in [2.05, 4.69) is 10.6 Å². The summed E-state index contributed by atoms with van der Waals surface area (Å²) in [5.74, 6) is -8.62. The number of hydrogen-bond donors (Lipinski definition) is 2. The van der Waals surface area contributed by atoms with Crippen LogP contribution in [0.2, 0.25) is 0 Å². The highest BCUT2D eigenvalue weighted by Crippen LogP contribution is 2.34. The smallest absolute Gasteiger partial charge is 0.410 e. The number of rotatable bonds is 31. The Morgan fingerprint density at radius 2 is 0.596 bits per heavy atom. The maximum absolute atomic E-state index is 14.2. The summed E-state index contributed by atoms with van der Waals surface area (Å²) in [4.78, 5) is 154. The van der Waals surface area contributed by atoms with E-state index < -0.39 is 179 Å². The monoisotopic (exact) mass is 1490 g/mol. The summed E-state index contributed by atoms with van der Waals surface area (Å²) in [6.45, 7) is 0.982. The van der Waals surface area contributed by atoms with Gasteiger partial charge in [0.2, 0.25) is 11.8 Å². The second-order valence-electron chi connectivity index (χ2n) is 25.5. The highest BCUT2D eigenvalue weighted by molar-refractivity contribution is 5.94. The standard InChI is InChI=1S/C82H79N3O24/c1-82(2,3)109-81(96)85(50-64(87)84-46-49-98-80-70(108-78(95)60-42-26-11-27-43-60)68(106-76(93)58-38-22-9-23-39-58)66(104-74(91)56-34-18-7-19-35-56)62(102-80)52-100-72(89)54-30-14-5-15-31-54)47-44-63(86)83-45-48-97-79-69(107-77(94)59-40-24-10-25-41-59)67(105-75(92)57-36-20-8-21-37-57)65(103-73(90)55-32-16-6-17-33-55)61(101-79)51-99-71(88)53-28-12-4-13-29-53/h4-43,61-62,65-70,79-80H,44-52H2,1-3H3,(H,83,86)(H,84,87)/t61-,62-,65+,66+,67+,68+,69-,70-,79-,80-/m1/s1. The summed E-state index contributed by atoms with van der Waals surface area (Å²) in [5.41, 5.74) is -0.376. The normalized spacial score (nSPS) is 19.3. The van der Waals surface area contributed by atoms with Crippen molar-refractivity contribution in [1.29, 1.82) is 0 Å². The minimum atomic E-state index is -1.75. The van der Waals surface area contributed by atoms with E-state index in [-0.39, 0.29) is 57.6 Å². The third-order valence-electron chi connectivity index (χ3n) is 16.5. The molecule has 27 heteroatoms. The number of carbonyl (C=O) groups is 11. The summed E-state index contributed by atoms with van der Waals surface area (Å²) in [5, 5.41) is 5.33. The molecule has 2 fully saturated rings. The van der Waals surface area contributed by atoms with Gasteiger partial charge in [-0.3, -0.25) is 14.5 Å². The number of benzene rings is 8. The number of carbonyl (C=O) groups excluding carboxylic acids is 11.